The zero-order valence-corrected chi connectivity index (χ0v) is 9.24. The molecule has 0 radical (unpaired) electrons. The van der Waals surface area contributed by atoms with E-state index in [4.69, 9.17) is 0 Å². The Labute approximate surface area is 92.3 Å². The monoisotopic (exact) mass is 234 g/mol. The second-order valence-corrected chi connectivity index (χ2v) is 4.03. The van der Waals surface area contributed by atoms with E-state index in [1.165, 1.54) is 6.07 Å². The highest BCUT2D eigenvalue weighted by Crippen LogP contribution is 2.32. The van der Waals surface area contributed by atoms with Crippen molar-refractivity contribution in [1.29, 1.82) is 0 Å². The van der Waals surface area contributed by atoms with Gasteiger partial charge in [-0.05, 0) is 30.0 Å². The van der Waals surface area contributed by atoms with Gasteiger partial charge in [-0.15, -0.1) is 0 Å². The van der Waals surface area contributed by atoms with Crippen LogP contribution in [0, 0.1) is 11.7 Å². The van der Waals surface area contributed by atoms with Crippen LogP contribution >= 0.6 is 0 Å². The summed E-state index contributed by atoms with van der Waals surface area (Å²) in [5.74, 6) is -0.910. The van der Waals surface area contributed by atoms with Crippen molar-refractivity contribution in [2.45, 2.75) is 32.9 Å². The first-order valence-electron chi connectivity index (χ1n) is 5.20. The van der Waals surface area contributed by atoms with E-state index in [2.05, 4.69) is 0 Å². The zero-order valence-electron chi connectivity index (χ0n) is 9.24. The summed E-state index contributed by atoms with van der Waals surface area (Å²) < 4.78 is 50.2. The van der Waals surface area contributed by atoms with Crippen molar-refractivity contribution in [3.05, 3.63) is 35.1 Å². The first kappa shape index (κ1) is 13.0. The largest absolute Gasteiger partial charge is 0.419 e. The predicted molar refractivity (Wildman–Crippen MR) is 54.6 cm³/mol. The van der Waals surface area contributed by atoms with Gasteiger partial charge in [-0.2, -0.15) is 13.2 Å². The van der Waals surface area contributed by atoms with Crippen LogP contribution < -0.4 is 0 Å². The molecule has 0 fully saturated rings. The molecule has 1 aromatic carbocycles. The minimum absolute atomic E-state index is 0.298. The van der Waals surface area contributed by atoms with Crippen LogP contribution in [-0.2, 0) is 12.6 Å². The molecule has 0 bridgehead atoms. The van der Waals surface area contributed by atoms with Gasteiger partial charge in [-0.25, -0.2) is 4.39 Å². The lowest BCUT2D eigenvalue weighted by Gasteiger charge is -2.12. The standard InChI is InChI=1S/C12H14F4/c1-3-8(2)6-9-4-5-11(13)10(7-9)12(14,15)16/h4-5,7-8H,3,6H2,1-2H3. The van der Waals surface area contributed by atoms with E-state index >= 15 is 0 Å². The topological polar surface area (TPSA) is 0 Å². The molecule has 0 aliphatic heterocycles. The summed E-state index contributed by atoms with van der Waals surface area (Å²) >= 11 is 0. The molecular weight excluding hydrogens is 220 g/mol. The molecule has 4 heteroatoms. The highest BCUT2D eigenvalue weighted by Gasteiger charge is 2.34. The third-order valence-corrected chi connectivity index (χ3v) is 2.62. The van der Waals surface area contributed by atoms with Gasteiger partial charge in [0.05, 0.1) is 5.56 Å². The first-order valence-corrected chi connectivity index (χ1v) is 5.20. The molecule has 1 atom stereocenters. The maximum absolute atomic E-state index is 13.0. The summed E-state index contributed by atoms with van der Waals surface area (Å²) in [4.78, 5) is 0. The summed E-state index contributed by atoms with van der Waals surface area (Å²) in [6.07, 6.45) is -3.19. The quantitative estimate of drug-likeness (QED) is 0.678. The maximum Gasteiger partial charge on any atom is 0.419 e. The van der Waals surface area contributed by atoms with Gasteiger partial charge in [-0.1, -0.05) is 26.3 Å². The van der Waals surface area contributed by atoms with Gasteiger partial charge in [0.25, 0.3) is 0 Å². The number of halogens is 4. The summed E-state index contributed by atoms with van der Waals surface area (Å²) in [6.45, 7) is 3.93. The third-order valence-electron chi connectivity index (χ3n) is 2.62. The number of benzene rings is 1. The Morgan fingerprint density at radius 3 is 2.38 bits per heavy atom. The third kappa shape index (κ3) is 3.22. The molecular formula is C12H14F4. The summed E-state index contributed by atoms with van der Waals surface area (Å²) in [5, 5.41) is 0. The Morgan fingerprint density at radius 2 is 1.88 bits per heavy atom. The lowest BCUT2D eigenvalue weighted by atomic mass is 9.97. The smallest absolute Gasteiger partial charge is 0.206 e. The summed E-state index contributed by atoms with van der Waals surface area (Å²) in [5.41, 5.74) is -0.642. The van der Waals surface area contributed by atoms with E-state index in [0.717, 1.165) is 18.6 Å². The Hall–Kier alpha value is -1.06. The SMILES string of the molecule is CCC(C)Cc1ccc(F)c(C(F)(F)F)c1. The second-order valence-electron chi connectivity index (χ2n) is 4.03. The molecule has 1 unspecified atom stereocenters. The molecule has 90 valence electrons. The van der Waals surface area contributed by atoms with Crippen molar-refractivity contribution in [1.82, 2.24) is 0 Å². The van der Waals surface area contributed by atoms with Gasteiger partial charge < -0.3 is 0 Å². The van der Waals surface area contributed by atoms with Gasteiger partial charge in [0.1, 0.15) is 5.82 Å². The van der Waals surface area contributed by atoms with Crippen LogP contribution in [0.2, 0.25) is 0 Å². The summed E-state index contributed by atoms with van der Waals surface area (Å²) in [6, 6.07) is 3.21. The van der Waals surface area contributed by atoms with Crippen LogP contribution in [0.25, 0.3) is 0 Å². The van der Waals surface area contributed by atoms with Crippen molar-refractivity contribution < 1.29 is 17.6 Å². The lowest BCUT2D eigenvalue weighted by molar-refractivity contribution is -0.140. The molecule has 0 amide bonds. The van der Waals surface area contributed by atoms with Gasteiger partial charge in [0, 0.05) is 0 Å². The molecule has 0 nitrogen and oxygen atoms in total. The molecule has 1 rings (SSSR count). The van der Waals surface area contributed by atoms with Gasteiger partial charge in [-0.3, -0.25) is 0 Å². The van der Waals surface area contributed by atoms with E-state index in [0.29, 0.717) is 17.9 Å². The number of hydrogen-bond donors (Lipinski definition) is 0. The number of hydrogen-bond acceptors (Lipinski definition) is 0. The normalized spacial score (nSPS) is 13.9. The molecule has 0 N–H and O–H groups in total. The number of rotatable bonds is 3. The second kappa shape index (κ2) is 4.85. The van der Waals surface area contributed by atoms with Gasteiger partial charge in [0.2, 0.25) is 0 Å². The average Bonchev–Trinajstić information content (AvgIpc) is 2.19. The maximum atomic E-state index is 13.0. The van der Waals surface area contributed by atoms with Crippen LogP contribution in [0.1, 0.15) is 31.4 Å². The predicted octanol–water partition coefficient (Wildman–Crippen LogP) is 4.43. The van der Waals surface area contributed by atoms with Crippen molar-refractivity contribution >= 4 is 0 Å². The molecule has 0 saturated heterocycles. The highest BCUT2D eigenvalue weighted by molar-refractivity contribution is 5.27. The van der Waals surface area contributed by atoms with Crippen LogP contribution in [0.5, 0.6) is 0 Å². The molecule has 0 aromatic heterocycles. The van der Waals surface area contributed by atoms with E-state index < -0.39 is 17.6 Å². The highest BCUT2D eigenvalue weighted by atomic mass is 19.4. The molecule has 0 aliphatic carbocycles. The van der Waals surface area contributed by atoms with Gasteiger partial charge in [0.15, 0.2) is 0 Å². The Bertz CT molecular complexity index is 355. The molecule has 0 aliphatic rings. The van der Waals surface area contributed by atoms with Gasteiger partial charge >= 0.3 is 6.18 Å². The zero-order chi connectivity index (χ0) is 12.3. The van der Waals surface area contributed by atoms with Crippen LogP contribution in [-0.4, -0.2) is 0 Å². The lowest BCUT2D eigenvalue weighted by Crippen LogP contribution is -2.09. The van der Waals surface area contributed by atoms with Crippen molar-refractivity contribution in [3.8, 4) is 0 Å². The van der Waals surface area contributed by atoms with Crippen molar-refractivity contribution in [2.24, 2.45) is 5.92 Å². The summed E-state index contributed by atoms with van der Waals surface area (Å²) in [7, 11) is 0. The molecule has 16 heavy (non-hydrogen) atoms. The fraction of sp³-hybridized carbons (Fsp3) is 0.500. The van der Waals surface area contributed by atoms with Crippen molar-refractivity contribution in [3.63, 3.8) is 0 Å². The fourth-order valence-corrected chi connectivity index (χ4v) is 1.46. The van der Waals surface area contributed by atoms with Crippen LogP contribution in [0.3, 0.4) is 0 Å². The van der Waals surface area contributed by atoms with E-state index in [1.807, 2.05) is 13.8 Å². The first-order chi connectivity index (χ1) is 7.34. The Balaban J connectivity index is 2.99. The molecule has 0 heterocycles. The molecule has 1 aromatic rings. The average molecular weight is 234 g/mol. The Kier molecular flexibility index (Phi) is 3.94. The van der Waals surface area contributed by atoms with E-state index in [1.54, 1.807) is 0 Å². The van der Waals surface area contributed by atoms with Crippen LogP contribution in [0.15, 0.2) is 18.2 Å². The van der Waals surface area contributed by atoms with E-state index in [-0.39, 0.29) is 0 Å². The minimum atomic E-state index is -4.62. The molecule has 0 spiro atoms. The minimum Gasteiger partial charge on any atom is -0.206 e. The van der Waals surface area contributed by atoms with Crippen molar-refractivity contribution in [2.75, 3.05) is 0 Å². The number of alkyl halides is 3. The van der Waals surface area contributed by atoms with Crippen LogP contribution in [0.4, 0.5) is 17.6 Å². The fourth-order valence-electron chi connectivity index (χ4n) is 1.46. The molecule has 0 saturated carbocycles. The van der Waals surface area contributed by atoms with E-state index in [9.17, 15) is 17.6 Å². The Morgan fingerprint density at radius 1 is 1.25 bits per heavy atom.